The number of hydrogen-bond donors (Lipinski definition) is 1. The van der Waals surface area contributed by atoms with Crippen LogP contribution in [0.3, 0.4) is 0 Å². The second kappa shape index (κ2) is 9.77. The maximum Gasteiger partial charge on any atom is 0.339 e. The van der Waals surface area contributed by atoms with Gasteiger partial charge in [0.15, 0.2) is 5.75 Å². The first-order valence-electron chi connectivity index (χ1n) is 11.3. The maximum atomic E-state index is 13.4. The average molecular weight is 547 g/mol. The third-order valence-electron chi connectivity index (χ3n) is 5.92. The largest absolute Gasteiger partial charge is 0.378 e. The minimum absolute atomic E-state index is 0.0548. The van der Waals surface area contributed by atoms with Crippen LogP contribution in [0.4, 0.5) is 10.5 Å². The molecule has 4 aromatic carbocycles. The average Bonchev–Trinajstić information content (AvgIpc) is 2.88. The molecule has 0 spiro atoms. The number of fused-ring (bicyclic) bond motifs is 1. The number of carbonyl (C=O) groups excluding carboxylic acids is 3. The highest BCUT2D eigenvalue weighted by Crippen LogP contribution is 2.33. The Morgan fingerprint density at radius 2 is 1.55 bits per heavy atom. The molecular formula is C28H19ClN2O6S. The Labute approximate surface area is 223 Å². The smallest absolute Gasteiger partial charge is 0.339 e. The number of imide groups is 2. The fourth-order valence-corrected chi connectivity index (χ4v) is 5.07. The molecule has 8 nitrogen and oxygen atoms in total. The molecule has 5 rings (SSSR count). The van der Waals surface area contributed by atoms with Crippen LogP contribution in [-0.4, -0.2) is 26.3 Å². The van der Waals surface area contributed by atoms with Crippen LogP contribution in [0.15, 0.2) is 95.4 Å². The number of halogens is 1. The third-order valence-corrected chi connectivity index (χ3v) is 7.42. The highest BCUT2D eigenvalue weighted by Gasteiger charge is 2.37. The van der Waals surface area contributed by atoms with Crippen molar-refractivity contribution in [2.75, 3.05) is 4.90 Å². The summed E-state index contributed by atoms with van der Waals surface area (Å²) in [4.78, 5) is 39.5. The van der Waals surface area contributed by atoms with E-state index in [1.54, 1.807) is 42.5 Å². The van der Waals surface area contributed by atoms with Crippen molar-refractivity contribution in [1.29, 1.82) is 0 Å². The number of anilines is 1. The molecule has 0 saturated carbocycles. The quantitative estimate of drug-likeness (QED) is 0.208. The summed E-state index contributed by atoms with van der Waals surface area (Å²) in [6.45, 7) is 1.83. The molecule has 0 atom stereocenters. The molecule has 1 aliphatic rings. The molecular weight excluding hydrogens is 528 g/mol. The first-order valence-corrected chi connectivity index (χ1v) is 13.1. The first-order chi connectivity index (χ1) is 18.1. The van der Waals surface area contributed by atoms with Gasteiger partial charge < -0.3 is 4.18 Å². The van der Waals surface area contributed by atoms with Crippen LogP contribution < -0.4 is 14.4 Å². The number of amides is 4. The van der Waals surface area contributed by atoms with E-state index < -0.39 is 28.0 Å². The zero-order valence-corrected chi connectivity index (χ0v) is 21.4. The molecule has 10 heteroatoms. The van der Waals surface area contributed by atoms with Gasteiger partial charge in [0.2, 0.25) is 0 Å². The number of rotatable bonds is 5. The summed E-state index contributed by atoms with van der Waals surface area (Å²) < 4.78 is 31.7. The lowest BCUT2D eigenvalue weighted by Crippen LogP contribution is -2.54. The molecule has 1 fully saturated rings. The molecule has 0 unspecified atom stereocenters. The highest BCUT2D eigenvalue weighted by molar-refractivity contribution is 7.87. The van der Waals surface area contributed by atoms with E-state index in [-0.39, 0.29) is 27.5 Å². The standard InChI is InChI=1S/C28H19ClN2O6S/c1-17-6-13-21(14-7-17)38(35,36)37-25-15-8-18-4-2-3-5-22(18)23(25)16-24-26(32)30-28(34)31(27(24)33)20-11-9-19(29)10-12-20/h2-16H,1H3,(H,30,32,34)/b24-16+. The lowest BCUT2D eigenvalue weighted by Gasteiger charge is -2.26. The van der Waals surface area contributed by atoms with Crippen LogP contribution >= 0.6 is 11.6 Å². The number of carbonyl (C=O) groups is 3. The Morgan fingerprint density at radius 3 is 2.26 bits per heavy atom. The number of nitrogens with one attached hydrogen (secondary N) is 1. The fourth-order valence-electron chi connectivity index (χ4n) is 3.99. The van der Waals surface area contributed by atoms with E-state index in [4.69, 9.17) is 15.8 Å². The van der Waals surface area contributed by atoms with Crippen molar-refractivity contribution in [1.82, 2.24) is 5.32 Å². The van der Waals surface area contributed by atoms with E-state index in [1.165, 1.54) is 48.5 Å². The van der Waals surface area contributed by atoms with Gasteiger partial charge in [-0.25, -0.2) is 9.69 Å². The van der Waals surface area contributed by atoms with Crippen molar-refractivity contribution in [3.8, 4) is 5.75 Å². The lowest BCUT2D eigenvalue weighted by atomic mass is 10.00. The Balaban J connectivity index is 1.64. The molecule has 0 radical (unpaired) electrons. The molecule has 0 aromatic heterocycles. The van der Waals surface area contributed by atoms with E-state index in [0.717, 1.165) is 10.5 Å². The van der Waals surface area contributed by atoms with Crippen molar-refractivity contribution in [2.45, 2.75) is 11.8 Å². The van der Waals surface area contributed by atoms with Crippen LogP contribution in [-0.2, 0) is 19.7 Å². The van der Waals surface area contributed by atoms with Gasteiger partial charge in [-0.3, -0.25) is 14.9 Å². The van der Waals surface area contributed by atoms with Crippen molar-refractivity contribution < 1.29 is 27.0 Å². The number of hydrogen-bond acceptors (Lipinski definition) is 6. The Morgan fingerprint density at radius 1 is 0.868 bits per heavy atom. The van der Waals surface area contributed by atoms with Crippen molar-refractivity contribution in [3.63, 3.8) is 0 Å². The van der Waals surface area contributed by atoms with Crippen LogP contribution in [0.5, 0.6) is 5.75 Å². The van der Waals surface area contributed by atoms with Crippen LogP contribution in [0.1, 0.15) is 11.1 Å². The summed E-state index contributed by atoms with van der Waals surface area (Å²) in [5.41, 5.74) is 0.879. The second-order valence-electron chi connectivity index (χ2n) is 8.48. The molecule has 0 bridgehead atoms. The maximum absolute atomic E-state index is 13.4. The van der Waals surface area contributed by atoms with Gasteiger partial charge in [0.1, 0.15) is 10.5 Å². The van der Waals surface area contributed by atoms with E-state index in [1.807, 2.05) is 6.92 Å². The molecule has 1 heterocycles. The normalized spacial score (nSPS) is 15.2. The summed E-state index contributed by atoms with van der Waals surface area (Å²) in [5.74, 6) is -1.90. The van der Waals surface area contributed by atoms with Gasteiger partial charge in [-0.2, -0.15) is 8.42 Å². The fraction of sp³-hybridized carbons (Fsp3) is 0.0357. The van der Waals surface area contributed by atoms with E-state index in [2.05, 4.69) is 5.32 Å². The minimum atomic E-state index is -4.25. The number of urea groups is 1. The zero-order chi connectivity index (χ0) is 27.0. The van der Waals surface area contributed by atoms with E-state index in [0.29, 0.717) is 15.8 Å². The summed E-state index contributed by atoms with van der Waals surface area (Å²) >= 11 is 5.93. The third kappa shape index (κ3) is 4.77. The van der Waals surface area contributed by atoms with Crippen molar-refractivity contribution in [3.05, 3.63) is 107 Å². The zero-order valence-electron chi connectivity index (χ0n) is 19.8. The minimum Gasteiger partial charge on any atom is -0.378 e. The summed E-state index contributed by atoms with van der Waals surface area (Å²) in [6, 6.07) is 21.3. The predicted octanol–water partition coefficient (Wildman–Crippen LogP) is 5.24. The monoisotopic (exact) mass is 546 g/mol. The van der Waals surface area contributed by atoms with E-state index in [9.17, 15) is 22.8 Å². The Hall–Kier alpha value is -4.47. The Bertz CT molecular complexity index is 1750. The van der Waals surface area contributed by atoms with Crippen molar-refractivity contribution in [2.24, 2.45) is 0 Å². The lowest BCUT2D eigenvalue weighted by molar-refractivity contribution is -0.122. The van der Waals surface area contributed by atoms with Gasteiger partial charge in [-0.1, -0.05) is 59.6 Å². The SMILES string of the molecule is Cc1ccc(S(=O)(=O)Oc2ccc3ccccc3c2/C=C2\C(=O)NC(=O)N(c3ccc(Cl)cc3)C2=O)cc1. The Kier molecular flexibility index (Phi) is 6.48. The summed E-state index contributed by atoms with van der Waals surface area (Å²) in [5, 5.41) is 3.81. The molecule has 38 heavy (non-hydrogen) atoms. The predicted molar refractivity (Wildman–Crippen MR) is 143 cm³/mol. The second-order valence-corrected chi connectivity index (χ2v) is 10.5. The first kappa shape index (κ1) is 25.2. The molecule has 1 aliphatic heterocycles. The molecule has 190 valence electrons. The van der Waals surface area contributed by atoms with Crippen molar-refractivity contribution >= 4 is 62.1 Å². The molecule has 1 saturated heterocycles. The topological polar surface area (TPSA) is 110 Å². The van der Waals surface area contributed by atoms with Gasteiger partial charge in [-0.05, 0) is 66.2 Å². The number of nitrogens with zero attached hydrogens (tertiary/aromatic N) is 1. The number of barbiturate groups is 1. The molecule has 4 aromatic rings. The van der Waals surface area contributed by atoms with Gasteiger partial charge >= 0.3 is 16.1 Å². The van der Waals surface area contributed by atoms with Crippen LogP contribution in [0, 0.1) is 6.92 Å². The summed E-state index contributed by atoms with van der Waals surface area (Å²) in [7, 11) is -4.25. The number of aryl methyl sites for hydroxylation is 1. The van der Waals surface area contributed by atoms with Gasteiger partial charge in [0.05, 0.1) is 5.69 Å². The van der Waals surface area contributed by atoms with E-state index >= 15 is 0 Å². The molecule has 4 amide bonds. The molecule has 0 aliphatic carbocycles. The van der Waals surface area contributed by atoms with Crippen LogP contribution in [0.2, 0.25) is 5.02 Å². The summed E-state index contributed by atoms with van der Waals surface area (Å²) in [6.07, 6.45) is 1.23. The van der Waals surface area contributed by atoms with Gasteiger partial charge in [0.25, 0.3) is 11.8 Å². The highest BCUT2D eigenvalue weighted by atomic mass is 35.5. The van der Waals surface area contributed by atoms with Gasteiger partial charge in [0, 0.05) is 10.6 Å². The molecule has 1 N–H and O–H groups in total. The van der Waals surface area contributed by atoms with Crippen LogP contribution in [0.25, 0.3) is 16.8 Å². The van der Waals surface area contributed by atoms with Gasteiger partial charge in [-0.15, -0.1) is 0 Å². The number of benzene rings is 4.